The molecule has 0 spiro atoms. The van der Waals surface area contributed by atoms with Gasteiger partial charge in [0.25, 0.3) is 0 Å². The molecule has 0 unspecified atom stereocenters. The predicted molar refractivity (Wildman–Crippen MR) is 114 cm³/mol. The molecule has 2 heterocycles. The normalized spacial score (nSPS) is 10.9. The fraction of sp³-hybridized carbons (Fsp3) is 0.364. The number of amides is 1. The molecule has 2 aromatic heterocycles. The first-order valence-electron chi connectivity index (χ1n) is 9.49. The van der Waals surface area contributed by atoms with Crippen LogP contribution in [0.1, 0.15) is 28.4 Å². The summed E-state index contributed by atoms with van der Waals surface area (Å²) in [7, 11) is 0. The van der Waals surface area contributed by atoms with Crippen molar-refractivity contribution in [3.63, 3.8) is 0 Å². The van der Waals surface area contributed by atoms with Crippen molar-refractivity contribution in [2.24, 2.45) is 0 Å². The van der Waals surface area contributed by atoms with E-state index in [1.807, 2.05) is 56.5 Å². The molecule has 1 aromatic carbocycles. The maximum absolute atomic E-state index is 12.4. The minimum atomic E-state index is 0.0124. The highest BCUT2D eigenvalue weighted by Crippen LogP contribution is 2.27. The summed E-state index contributed by atoms with van der Waals surface area (Å²) >= 11 is 1.64. The van der Waals surface area contributed by atoms with Crippen LogP contribution in [0.5, 0.6) is 5.75 Å². The van der Waals surface area contributed by atoms with Gasteiger partial charge in [-0.25, -0.2) is 4.98 Å². The molecule has 0 aliphatic carbocycles. The summed E-state index contributed by atoms with van der Waals surface area (Å²) in [5.41, 5.74) is 5.39. The van der Waals surface area contributed by atoms with Crippen molar-refractivity contribution in [2.45, 2.75) is 40.7 Å². The van der Waals surface area contributed by atoms with Crippen molar-refractivity contribution >= 4 is 17.2 Å². The van der Waals surface area contributed by atoms with E-state index in [9.17, 15) is 4.79 Å². The first-order chi connectivity index (χ1) is 13.4. The molecule has 3 rings (SSSR count). The second-order valence-electron chi connectivity index (χ2n) is 6.99. The lowest BCUT2D eigenvalue weighted by Gasteiger charge is -2.11. The summed E-state index contributed by atoms with van der Waals surface area (Å²) in [5.74, 6) is 0.882. The number of hydrogen-bond donors (Lipinski definition) is 1. The molecule has 1 N–H and O–H groups in total. The molecular formula is C22H27N3O2S. The Hall–Kier alpha value is -2.60. The summed E-state index contributed by atoms with van der Waals surface area (Å²) in [4.78, 5) is 16.9. The van der Waals surface area contributed by atoms with Crippen LogP contribution in [-0.2, 0) is 11.3 Å². The largest absolute Gasteiger partial charge is 0.494 e. The van der Waals surface area contributed by atoms with E-state index >= 15 is 0 Å². The van der Waals surface area contributed by atoms with Crippen LogP contribution in [0.25, 0.3) is 11.3 Å². The molecule has 0 bridgehead atoms. The van der Waals surface area contributed by atoms with Crippen molar-refractivity contribution in [3.05, 3.63) is 57.7 Å². The van der Waals surface area contributed by atoms with Crippen LogP contribution in [0.4, 0.5) is 0 Å². The van der Waals surface area contributed by atoms with E-state index in [4.69, 9.17) is 4.74 Å². The molecule has 0 aliphatic heterocycles. The van der Waals surface area contributed by atoms with Crippen LogP contribution in [0.3, 0.4) is 0 Å². The zero-order valence-electron chi connectivity index (χ0n) is 16.9. The average Bonchev–Trinajstić information content (AvgIpc) is 3.20. The van der Waals surface area contributed by atoms with Gasteiger partial charge in [-0.2, -0.15) is 0 Å². The molecule has 0 aliphatic rings. The van der Waals surface area contributed by atoms with Crippen LogP contribution in [-0.4, -0.2) is 28.6 Å². The van der Waals surface area contributed by atoms with Crippen LogP contribution in [0.2, 0.25) is 0 Å². The number of thiazole rings is 1. The third-order valence-electron chi connectivity index (χ3n) is 4.67. The zero-order chi connectivity index (χ0) is 20.1. The van der Waals surface area contributed by atoms with E-state index in [0.717, 1.165) is 39.8 Å². The molecule has 0 saturated heterocycles. The Morgan fingerprint density at radius 2 is 2.04 bits per heavy atom. The minimum absolute atomic E-state index is 0.0124. The molecule has 3 aromatic rings. The van der Waals surface area contributed by atoms with Crippen molar-refractivity contribution in [1.29, 1.82) is 0 Å². The Morgan fingerprint density at radius 3 is 2.75 bits per heavy atom. The van der Waals surface area contributed by atoms with E-state index in [0.29, 0.717) is 19.7 Å². The topological polar surface area (TPSA) is 56.1 Å². The lowest BCUT2D eigenvalue weighted by atomic mass is 10.2. The van der Waals surface area contributed by atoms with Crippen LogP contribution < -0.4 is 10.1 Å². The van der Waals surface area contributed by atoms with E-state index in [2.05, 4.69) is 21.7 Å². The Labute approximate surface area is 170 Å². The van der Waals surface area contributed by atoms with Gasteiger partial charge in [-0.1, -0.05) is 12.1 Å². The number of rotatable bonds is 8. The fourth-order valence-electron chi connectivity index (χ4n) is 3.19. The summed E-state index contributed by atoms with van der Waals surface area (Å²) in [6.07, 6.45) is 0.771. The second kappa shape index (κ2) is 9.06. The van der Waals surface area contributed by atoms with Crippen molar-refractivity contribution in [1.82, 2.24) is 14.9 Å². The van der Waals surface area contributed by atoms with Crippen molar-refractivity contribution in [2.75, 3.05) is 13.2 Å². The van der Waals surface area contributed by atoms with Gasteiger partial charge in [-0.15, -0.1) is 11.3 Å². The highest BCUT2D eigenvalue weighted by atomic mass is 32.1. The Bertz CT molecular complexity index is 959. The van der Waals surface area contributed by atoms with E-state index in [1.165, 1.54) is 5.56 Å². The van der Waals surface area contributed by atoms with Gasteiger partial charge >= 0.3 is 0 Å². The second-order valence-corrected chi connectivity index (χ2v) is 8.05. The molecule has 1 amide bonds. The molecule has 0 radical (unpaired) electrons. The summed E-state index contributed by atoms with van der Waals surface area (Å²) < 4.78 is 7.76. The van der Waals surface area contributed by atoms with Gasteiger partial charge in [0.15, 0.2) is 0 Å². The maximum atomic E-state index is 12.4. The Morgan fingerprint density at radius 1 is 1.21 bits per heavy atom. The minimum Gasteiger partial charge on any atom is -0.494 e. The number of aryl methyl sites for hydroxylation is 3. The third kappa shape index (κ3) is 5.01. The first-order valence-corrected chi connectivity index (χ1v) is 10.4. The number of carbonyl (C=O) groups excluding carboxylic acids is 1. The maximum Gasteiger partial charge on any atom is 0.239 e. The zero-order valence-corrected chi connectivity index (χ0v) is 17.7. The van der Waals surface area contributed by atoms with E-state index in [-0.39, 0.29) is 5.91 Å². The van der Waals surface area contributed by atoms with Gasteiger partial charge in [-0.05, 0) is 57.9 Å². The number of aromatic nitrogens is 2. The number of carbonyl (C=O) groups is 1. The number of benzene rings is 1. The molecule has 5 nitrogen and oxygen atoms in total. The molecular weight excluding hydrogens is 370 g/mol. The van der Waals surface area contributed by atoms with Gasteiger partial charge < -0.3 is 14.6 Å². The fourth-order valence-corrected chi connectivity index (χ4v) is 3.80. The monoisotopic (exact) mass is 397 g/mol. The molecule has 6 heteroatoms. The van der Waals surface area contributed by atoms with Crippen molar-refractivity contribution < 1.29 is 9.53 Å². The van der Waals surface area contributed by atoms with Crippen LogP contribution in [0, 0.1) is 27.7 Å². The quantitative estimate of drug-likeness (QED) is 0.572. The highest BCUT2D eigenvalue weighted by Gasteiger charge is 2.15. The summed E-state index contributed by atoms with van der Waals surface area (Å²) in [6, 6.07) is 10.1. The number of nitrogens with one attached hydrogen (secondary N) is 1. The summed E-state index contributed by atoms with van der Waals surface area (Å²) in [6.45, 7) is 9.61. The first kappa shape index (κ1) is 20.1. The van der Waals surface area contributed by atoms with Crippen molar-refractivity contribution in [3.8, 4) is 17.0 Å². The average molecular weight is 398 g/mol. The molecule has 148 valence electrons. The molecule has 0 saturated carbocycles. The number of hydrogen-bond acceptors (Lipinski definition) is 4. The SMILES string of the molecule is Cc1cccc(OCCCNC(=O)Cn2c(C)cc(-c3csc(C)n3)c2C)c1. The van der Waals surface area contributed by atoms with Gasteiger partial charge in [0.2, 0.25) is 5.91 Å². The van der Waals surface area contributed by atoms with Crippen LogP contribution >= 0.6 is 11.3 Å². The highest BCUT2D eigenvalue weighted by molar-refractivity contribution is 7.09. The standard InChI is InChI=1S/C22H27N3O2S/c1-15-7-5-8-19(11-15)27-10-6-9-23-22(26)13-25-16(2)12-20(17(25)3)21-14-28-18(4)24-21/h5,7-8,11-12,14H,6,9-10,13H2,1-4H3,(H,23,26). The Kier molecular flexibility index (Phi) is 6.52. The van der Waals surface area contributed by atoms with Gasteiger partial charge in [0, 0.05) is 28.9 Å². The van der Waals surface area contributed by atoms with Crippen LogP contribution in [0.15, 0.2) is 35.7 Å². The summed E-state index contributed by atoms with van der Waals surface area (Å²) in [5, 5.41) is 6.09. The van der Waals surface area contributed by atoms with E-state index in [1.54, 1.807) is 11.3 Å². The van der Waals surface area contributed by atoms with Gasteiger partial charge in [0.1, 0.15) is 12.3 Å². The Balaban J connectivity index is 1.48. The van der Waals surface area contributed by atoms with Gasteiger partial charge in [0.05, 0.1) is 17.3 Å². The smallest absolute Gasteiger partial charge is 0.239 e. The predicted octanol–water partition coefficient (Wildman–Crippen LogP) is 4.43. The lowest BCUT2D eigenvalue weighted by molar-refractivity contribution is -0.121. The molecule has 0 fully saturated rings. The molecule has 28 heavy (non-hydrogen) atoms. The van der Waals surface area contributed by atoms with Gasteiger partial charge in [-0.3, -0.25) is 4.79 Å². The number of ether oxygens (including phenoxy) is 1. The number of nitrogens with zero attached hydrogens (tertiary/aromatic N) is 2. The third-order valence-corrected chi connectivity index (χ3v) is 5.45. The van der Waals surface area contributed by atoms with E-state index < -0.39 is 0 Å². The molecule has 0 atom stereocenters. The lowest BCUT2D eigenvalue weighted by Crippen LogP contribution is -2.29.